The van der Waals surface area contributed by atoms with Crippen LogP contribution in [0.2, 0.25) is 0 Å². The van der Waals surface area contributed by atoms with Gasteiger partial charge >= 0.3 is 6.03 Å². The molecule has 0 fully saturated rings. The number of carbonyl (C=O) groups excluding carboxylic acids is 1. The van der Waals surface area contributed by atoms with Crippen molar-refractivity contribution in [3.8, 4) is 5.75 Å². The molecule has 0 spiro atoms. The largest absolute Gasteiger partial charge is 0.497 e. The molecular formula is C20H26N2O3. The van der Waals surface area contributed by atoms with Crippen molar-refractivity contribution < 1.29 is 14.6 Å². The van der Waals surface area contributed by atoms with E-state index in [0.29, 0.717) is 5.92 Å². The number of urea groups is 1. The predicted octanol–water partition coefficient (Wildman–Crippen LogP) is 4.02. The summed E-state index contributed by atoms with van der Waals surface area (Å²) in [5.74, 6) is 1.04. The monoisotopic (exact) mass is 342 g/mol. The topological polar surface area (TPSA) is 61.8 Å². The second-order valence-electron chi connectivity index (χ2n) is 6.25. The highest BCUT2D eigenvalue weighted by Crippen LogP contribution is 2.26. The molecule has 0 aliphatic rings. The van der Waals surface area contributed by atoms with Gasteiger partial charge in [-0.3, -0.25) is 0 Å². The van der Waals surface area contributed by atoms with Crippen LogP contribution >= 0.6 is 0 Å². The van der Waals surface area contributed by atoms with Crippen LogP contribution in [0.25, 0.3) is 0 Å². The summed E-state index contributed by atoms with van der Waals surface area (Å²) in [6.45, 7) is 4.01. The Labute approximate surface area is 149 Å². The van der Waals surface area contributed by atoms with E-state index in [1.165, 1.54) is 4.90 Å². The molecule has 1 unspecified atom stereocenters. The Morgan fingerprint density at radius 2 is 1.80 bits per heavy atom. The lowest BCUT2D eigenvalue weighted by Gasteiger charge is -2.28. The lowest BCUT2D eigenvalue weighted by atomic mass is 10.0. The van der Waals surface area contributed by atoms with Crippen molar-refractivity contribution in [1.82, 2.24) is 4.90 Å². The highest BCUT2D eigenvalue weighted by molar-refractivity contribution is 5.90. The highest BCUT2D eigenvalue weighted by Gasteiger charge is 2.22. The third-order valence-corrected chi connectivity index (χ3v) is 4.29. The van der Waals surface area contributed by atoms with Crippen LogP contribution in [-0.4, -0.2) is 36.8 Å². The van der Waals surface area contributed by atoms with Crippen molar-refractivity contribution in [3.05, 3.63) is 59.7 Å². The van der Waals surface area contributed by atoms with Crippen molar-refractivity contribution in [1.29, 1.82) is 0 Å². The number of aliphatic hydroxyl groups excluding tert-OH is 1. The lowest BCUT2D eigenvalue weighted by molar-refractivity contribution is 0.159. The maximum Gasteiger partial charge on any atom is 0.322 e. The fourth-order valence-electron chi connectivity index (χ4n) is 2.74. The molecule has 2 rings (SSSR count). The van der Waals surface area contributed by atoms with Gasteiger partial charge in [0.25, 0.3) is 0 Å². The van der Waals surface area contributed by atoms with Gasteiger partial charge in [0, 0.05) is 12.7 Å². The van der Waals surface area contributed by atoms with Crippen molar-refractivity contribution in [2.75, 3.05) is 26.1 Å². The van der Waals surface area contributed by atoms with Crippen molar-refractivity contribution >= 4 is 11.7 Å². The van der Waals surface area contributed by atoms with E-state index in [9.17, 15) is 9.90 Å². The first-order chi connectivity index (χ1) is 12.0. The van der Waals surface area contributed by atoms with Gasteiger partial charge in [0.15, 0.2) is 0 Å². The summed E-state index contributed by atoms with van der Waals surface area (Å²) in [7, 11) is 3.28. The summed E-state index contributed by atoms with van der Waals surface area (Å²) < 4.78 is 5.15. The molecule has 2 amide bonds. The molecule has 5 nitrogen and oxygen atoms in total. The molecule has 1 atom stereocenters. The van der Waals surface area contributed by atoms with E-state index in [1.54, 1.807) is 14.2 Å². The number of nitrogens with zero attached hydrogens (tertiary/aromatic N) is 1. The van der Waals surface area contributed by atoms with E-state index >= 15 is 0 Å². The normalized spacial score (nSPS) is 11.9. The third kappa shape index (κ3) is 4.51. The first-order valence-electron chi connectivity index (χ1n) is 8.35. The van der Waals surface area contributed by atoms with Gasteiger partial charge in [0.2, 0.25) is 0 Å². The molecule has 5 heteroatoms. The Hall–Kier alpha value is -2.53. The van der Waals surface area contributed by atoms with Gasteiger partial charge in [-0.25, -0.2) is 4.79 Å². The number of hydrogen-bond donors (Lipinski definition) is 2. The van der Waals surface area contributed by atoms with Crippen LogP contribution in [0.3, 0.4) is 0 Å². The summed E-state index contributed by atoms with van der Waals surface area (Å²) in [4.78, 5) is 14.2. The summed E-state index contributed by atoms with van der Waals surface area (Å²) in [6, 6.07) is 14.4. The summed E-state index contributed by atoms with van der Waals surface area (Å²) in [5.41, 5.74) is 2.72. The van der Waals surface area contributed by atoms with Gasteiger partial charge in [0.1, 0.15) is 5.75 Å². The number of ether oxygens (including phenoxy) is 1. The maximum absolute atomic E-state index is 12.7. The van der Waals surface area contributed by atoms with Crippen LogP contribution in [0, 0.1) is 0 Å². The molecule has 0 saturated carbocycles. The smallest absolute Gasteiger partial charge is 0.322 e. The zero-order valence-electron chi connectivity index (χ0n) is 15.2. The van der Waals surface area contributed by atoms with Gasteiger partial charge in [-0.15, -0.1) is 0 Å². The third-order valence-electron chi connectivity index (χ3n) is 4.29. The average molecular weight is 342 g/mol. The number of amides is 2. The fourth-order valence-corrected chi connectivity index (χ4v) is 2.74. The number of para-hydroxylation sites is 1. The second-order valence-corrected chi connectivity index (χ2v) is 6.25. The summed E-state index contributed by atoms with van der Waals surface area (Å²) in [6.07, 6.45) is 0. The fraction of sp³-hybridized carbons (Fsp3) is 0.350. The van der Waals surface area contributed by atoms with Crippen molar-refractivity contribution in [2.24, 2.45) is 0 Å². The van der Waals surface area contributed by atoms with Gasteiger partial charge < -0.3 is 20.1 Å². The average Bonchev–Trinajstić information content (AvgIpc) is 2.63. The molecule has 0 saturated heterocycles. The molecule has 0 radical (unpaired) electrons. The molecule has 25 heavy (non-hydrogen) atoms. The summed E-state index contributed by atoms with van der Waals surface area (Å²) >= 11 is 0. The number of carbonyl (C=O) groups is 1. The molecular weight excluding hydrogens is 316 g/mol. The van der Waals surface area contributed by atoms with Crippen LogP contribution in [0.4, 0.5) is 10.5 Å². The van der Waals surface area contributed by atoms with Crippen LogP contribution in [0.15, 0.2) is 48.5 Å². The number of nitrogens with one attached hydrogen (secondary N) is 1. The molecule has 0 aromatic heterocycles. The summed E-state index contributed by atoms with van der Waals surface area (Å²) in [5, 5.41) is 12.7. The lowest BCUT2D eigenvalue weighted by Crippen LogP contribution is -2.36. The van der Waals surface area contributed by atoms with Crippen LogP contribution in [0.5, 0.6) is 5.75 Å². The van der Waals surface area contributed by atoms with E-state index < -0.39 is 6.04 Å². The first-order valence-corrected chi connectivity index (χ1v) is 8.35. The van der Waals surface area contributed by atoms with Gasteiger partial charge in [0.05, 0.1) is 19.8 Å². The molecule has 0 aliphatic carbocycles. The Morgan fingerprint density at radius 1 is 1.16 bits per heavy atom. The Morgan fingerprint density at radius 3 is 2.36 bits per heavy atom. The molecule has 0 bridgehead atoms. The number of methoxy groups -OCH3 is 1. The number of likely N-dealkylation sites (N-methyl/N-ethyl adjacent to an activating group) is 1. The number of anilines is 1. The van der Waals surface area contributed by atoms with Crippen LogP contribution < -0.4 is 10.1 Å². The van der Waals surface area contributed by atoms with Crippen molar-refractivity contribution in [2.45, 2.75) is 25.8 Å². The number of rotatable bonds is 6. The minimum atomic E-state index is -0.433. The Bertz CT molecular complexity index is 698. The van der Waals surface area contributed by atoms with Gasteiger partial charge in [-0.05, 0) is 35.2 Å². The minimum absolute atomic E-state index is 0.165. The molecule has 0 aliphatic heterocycles. The van der Waals surface area contributed by atoms with E-state index in [1.807, 2.05) is 48.5 Å². The Kier molecular flexibility index (Phi) is 6.42. The molecule has 0 heterocycles. The Balaban J connectivity index is 2.17. The van der Waals surface area contributed by atoms with E-state index in [2.05, 4.69) is 19.2 Å². The number of benzene rings is 2. The van der Waals surface area contributed by atoms with Gasteiger partial charge in [-0.2, -0.15) is 0 Å². The highest BCUT2D eigenvalue weighted by atomic mass is 16.5. The molecule has 2 N–H and O–H groups in total. The predicted molar refractivity (Wildman–Crippen MR) is 100 cm³/mol. The van der Waals surface area contributed by atoms with Crippen LogP contribution in [-0.2, 0) is 0 Å². The zero-order valence-corrected chi connectivity index (χ0v) is 15.2. The first kappa shape index (κ1) is 18.8. The quantitative estimate of drug-likeness (QED) is 0.833. The molecule has 2 aromatic carbocycles. The van der Waals surface area contributed by atoms with Crippen molar-refractivity contribution in [3.63, 3.8) is 0 Å². The van der Waals surface area contributed by atoms with E-state index in [0.717, 1.165) is 22.6 Å². The molecule has 134 valence electrons. The standard InChI is InChI=1S/C20H26N2O3/c1-14(2)17-7-5-6-8-18(17)21-20(24)22(3)19(13-23)15-9-11-16(25-4)12-10-15/h5-12,14,19,23H,13H2,1-4H3,(H,21,24). The zero-order chi connectivity index (χ0) is 18.4. The van der Waals surface area contributed by atoms with Crippen LogP contribution in [0.1, 0.15) is 36.9 Å². The minimum Gasteiger partial charge on any atom is -0.497 e. The maximum atomic E-state index is 12.7. The number of hydrogen-bond acceptors (Lipinski definition) is 3. The van der Waals surface area contributed by atoms with E-state index in [4.69, 9.17) is 4.74 Å². The second kappa shape index (κ2) is 8.53. The van der Waals surface area contributed by atoms with Gasteiger partial charge in [-0.1, -0.05) is 44.2 Å². The SMILES string of the molecule is COc1ccc(C(CO)N(C)C(=O)Nc2ccccc2C(C)C)cc1. The molecule has 2 aromatic rings. The van der Waals surface area contributed by atoms with E-state index in [-0.39, 0.29) is 12.6 Å². The number of aliphatic hydroxyl groups is 1.